The van der Waals surface area contributed by atoms with Crippen molar-refractivity contribution in [2.75, 3.05) is 12.9 Å². The van der Waals surface area contributed by atoms with E-state index in [4.69, 9.17) is 0 Å². The van der Waals surface area contributed by atoms with Crippen LogP contribution in [-0.2, 0) is 20.7 Å². The van der Waals surface area contributed by atoms with Gasteiger partial charge in [0, 0.05) is 5.75 Å². The predicted molar refractivity (Wildman–Crippen MR) is 91.2 cm³/mol. The monoisotopic (exact) mass is 323 g/mol. The van der Waals surface area contributed by atoms with E-state index in [1.165, 1.54) is 12.7 Å². The summed E-state index contributed by atoms with van der Waals surface area (Å²) in [6, 6.07) is 7.32. The third-order valence-corrected chi connectivity index (χ3v) is 3.87. The number of esters is 1. The maximum absolute atomic E-state index is 12.2. The third-order valence-electron chi connectivity index (χ3n) is 3.50. The summed E-state index contributed by atoms with van der Waals surface area (Å²) in [5, 5.41) is 2.67. The van der Waals surface area contributed by atoms with E-state index in [0.717, 1.165) is 12.0 Å². The maximum Gasteiger partial charge on any atom is 0.329 e. The second-order valence-electron chi connectivity index (χ2n) is 5.83. The van der Waals surface area contributed by atoms with Crippen molar-refractivity contribution >= 4 is 24.5 Å². The van der Waals surface area contributed by atoms with Crippen molar-refractivity contribution in [2.45, 2.75) is 39.2 Å². The van der Waals surface area contributed by atoms with E-state index in [9.17, 15) is 9.59 Å². The Morgan fingerprint density at radius 3 is 2.23 bits per heavy atom. The zero-order valence-electron chi connectivity index (χ0n) is 13.6. The fourth-order valence-corrected chi connectivity index (χ4v) is 2.42. The Balaban J connectivity index is 2.71. The molecule has 122 valence electrons. The van der Waals surface area contributed by atoms with Crippen LogP contribution in [-0.4, -0.2) is 30.8 Å². The predicted octanol–water partition coefficient (Wildman–Crippen LogP) is 2.58. The van der Waals surface area contributed by atoms with Crippen LogP contribution in [0.1, 0.15) is 37.8 Å². The number of benzene rings is 1. The summed E-state index contributed by atoms with van der Waals surface area (Å²) in [4.78, 5) is 23.7. The minimum absolute atomic E-state index is 0.207. The van der Waals surface area contributed by atoms with E-state index in [-0.39, 0.29) is 17.6 Å². The summed E-state index contributed by atoms with van der Waals surface area (Å²) >= 11 is 4.07. The first-order chi connectivity index (χ1) is 10.4. The van der Waals surface area contributed by atoms with Crippen LogP contribution in [0.25, 0.3) is 0 Å². The maximum atomic E-state index is 12.2. The van der Waals surface area contributed by atoms with Gasteiger partial charge in [0.05, 0.1) is 13.0 Å². The SMILES string of the molecule is COC(=O)[C@H](CS)NC(=O)[C@H](C)c1ccc(CC(C)C)cc1. The van der Waals surface area contributed by atoms with Gasteiger partial charge in [0.15, 0.2) is 0 Å². The molecule has 1 aromatic rings. The Hall–Kier alpha value is -1.49. The van der Waals surface area contributed by atoms with Crippen molar-refractivity contribution in [3.8, 4) is 0 Å². The smallest absolute Gasteiger partial charge is 0.329 e. The van der Waals surface area contributed by atoms with Crippen molar-refractivity contribution in [3.05, 3.63) is 35.4 Å². The molecule has 1 rings (SSSR count). The number of amides is 1. The molecular formula is C17H25NO3S. The van der Waals surface area contributed by atoms with Crippen LogP contribution in [0.2, 0.25) is 0 Å². The quantitative estimate of drug-likeness (QED) is 0.599. The summed E-state index contributed by atoms with van der Waals surface area (Å²) in [5.41, 5.74) is 2.18. The van der Waals surface area contributed by atoms with Gasteiger partial charge in [-0.3, -0.25) is 4.79 Å². The Kier molecular flexibility index (Phi) is 7.45. The highest BCUT2D eigenvalue weighted by molar-refractivity contribution is 7.80. The van der Waals surface area contributed by atoms with Crippen molar-refractivity contribution < 1.29 is 14.3 Å². The summed E-state index contributed by atoms with van der Waals surface area (Å²) in [6.45, 7) is 6.17. The van der Waals surface area contributed by atoms with Crippen LogP contribution in [0.4, 0.5) is 0 Å². The second kappa shape index (κ2) is 8.83. The molecular weight excluding hydrogens is 298 g/mol. The first-order valence-electron chi connectivity index (χ1n) is 7.47. The molecule has 0 aliphatic rings. The molecule has 0 fully saturated rings. The molecule has 4 nitrogen and oxygen atoms in total. The number of methoxy groups -OCH3 is 1. The average Bonchev–Trinajstić information content (AvgIpc) is 2.51. The lowest BCUT2D eigenvalue weighted by Gasteiger charge is -2.18. The first kappa shape index (κ1) is 18.6. The number of ether oxygens (including phenoxy) is 1. The van der Waals surface area contributed by atoms with Gasteiger partial charge in [-0.05, 0) is 30.4 Å². The number of hydrogen-bond donors (Lipinski definition) is 2. The van der Waals surface area contributed by atoms with Crippen LogP contribution in [0.3, 0.4) is 0 Å². The van der Waals surface area contributed by atoms with E-state index >= 15 is 0 Å². The average molecular weight is 323 g/mol. The topological polar surface area (TPSA) is 55.4 Å². The molecule has 0 aliphatic carbocycles. The van der Waals surface area contributed by atoms with Crippen molar-refractivity contribution in [3.63, 3.8) is 0 Å². The molecule has 0 aliphatic heterocycles. The fraction of sp³-hybridized carbons (Fsp3) is 0.529. The van der Waals surface area contributed by atoms with Crippen LogP contribution in [0.15, 0.2) is 24.3 Å². The zero-order valence-corrected chi connectivity index (χ0v) is 14.5. The van der Waals surface area contributed by atoms with Gasteiger partial charge in [0.25, 0.3) is 0 Å². The molecule has 0 saturated carbocycles. The lowest BCUT2D eigenvalue weighted by Crippen LogP contribution is -2.44. The van der Waals surface area contributed by atoms with E-state index in [1.54, 1.807) is 0 Å². The van der Waals surface area contributed by atoms with Crippen LogP contribution in [0, 0.1) is 5.92 Å². The van der Waals surface area contributed by atoms with Crippen LogP contribution >= 0.6 is 12.6 Å². The Bertz CT molecular complexity index is 499. The van der Waals surface area contributed by atoms with Crippen molar-refractivity contribution in [1.82, 2.24) is 5.32 Å². The summed E-state index contributed by atoms with van der Waals surface area (Å²) in [5.74, 6) is -0.217. The molecule has 22 heavy (non-hydrogen) atoms. The Morgan fingerprint density at radius 2 is 1.77 bits per heavy atom. The molecule has 0 saturated heterocycles. The molecule has 1 N–H and O–H groups in total. The molecule has 0 heterocycles. The van der Waals surface area contributed by atoms with E-state index in [1.807, 2.05) is 19.1 Å². The van der Waals surface area contributed by atoms with Crippen molar-refractivity contribution in [1.29, 1.82) is 0 Å². The summed E-state index contributed by atoms with van der Waals surface area (Å²) in [6.07, 6.45) is 1.02. The molecule has 2 atom stereocenters. The first-order valence-corrected chi connectivity index (χ1v) is 8.10. The van der Waals surface area contributed by atoms with Crippen LogP contribution in [0.5, 0.6) is 0 Å². The van der Waals surface area contributed by atoms with Gasteiger partial charge in [-0.2, -0.15) is 12.6 Å². The number of hydrogen-bond acceptors (Lipinski definition) is 4. The van der Waals surface area contributed by atoms with Gasteiger partial charge in [-0.25, -0.2) is 4.79 Å². The number of nitrogens with one attached hydrogen (secondary N) is 1. The largest absolute Gasteiger partial charge is 0.467 e. The van der Waals surface area contributed by atoms with E-state index < -0.39 is 12.0 Å². The molecule has 1 aromatic carbocycles. The highest BCUT2D eigenvalue weighted by Crippen LogP contribution is 2.18. The van der Waals surface area contributed by atoms with Gasteiger partial charge in [0.2, 0.25) is 5.91 Å². The molecule has 0 spiro atoms. The molecule has 0 unspecified atom stereocenters. The standard InChI is InChI=1S/C17H25NO3S/c1-11(2)9-13-5-7-14(8-6-13)12(3)16(19)18-15(10-22)17(20)21-4/h5-8,11-12,15,22H,9-10H2,1-4H3,(H,18,19)/t12-,15+/m1/s1. The minimum Gasteiger partial charge on any atom is -0.467 e. The third kappa shape index (κ3) is 5.37. The van der Waals surface area contributed by atoms with Gasteiger partial charge in [-0.1, -0.05) is 38.1 Å². The normalized spacial score (nSPS) is 13.5. The van der Waals surface area contributed by atoms with Crippen LogP contribution < -0.4 is 5.32 Å². The molecule has 1 amide bonds. The van der Waals surface area contributed by atoms with Gasteiger partial charge in [0.1, 0.15) is 6.04 Å². The van der Waals surface area contributed by atoms with Gasteiger partial charge in [-0.15, -0.1) is 0 Å². The number of carbonyl (C=O) groups excluding carboxylic acids is 2. The summed E-state index contributed by atoms with van der Waals surface area (Å²) < 4.78 is 4.64. The molecule has 0 aromatic heterocycles. The van der Waals surface area contributed by atoms with Gasteiger partial charge >= 0.3 is 5.97 Å². The number of thiol groups is 1. The number of carbonyl (C=O) groups is 2. The molecule has 0 bridgehead atoms. The highest BCUT2D eigenvalue weighted by atomic mass is 32.1. The Labute approximate surface area is 138 Å². The van der Waals surface area contributed by atoms with Crippen molar-refractivity contribution in [2.24, 2.45) is 5.92 Å². The Morgan fingerprint density at radius 1 is 1.18 bits per heavy atom. The molecule has 5 heteroatoms. The fourth-order valence-electron chi connectivity index (χ4n) is 2.18. The highest BCUT2D eigenvalue weighted by Gasteiger charge is 2.23. The number of rotatable bonds is 7. The van der Waals surface area contributed by atoms with E-state index in [2.05, 4.69) is 48.7 Å². The summed E-state index contributed by atoms with van der Waals surface area (Å²) in [7, 11) is 1.29. The second-order valence-corrected chi connectivity index (χ2v) is 6.19. The minimum atomic E-state index is -0.719. The van der Waals surface area contributed by atoms with E-state index in [0.29, 0.717) is 5.92 Å². The zero-order chi connectivity index (χ0) is 16.7. The lowest BCUT2D eigenvalue weighted by atomic mass is 9.96. The lowest BCUT2D eigenvalue weighted by molar-refractivity contribution is -0.144. The van der Waals surface area contributed by atoms with Gasteiger partial charge < -0.3 is 10.1 Å². The molecule has 0 radical (unpaired) electrons.